The van der Waals surface area contributed by atoms with Gasteiger partial charge in [0.1, 0.15) is 23.9 Å². The number of non-ortho nitro benzene ring substituents is 1. The molecule has 3 aromatic carbocycles. The van der Waals surface area contributed by atoms with Crippen LogP contribution in [0.1, 0.15) is 34.0 Å². The molecule has 8 nitrogen and oxygen atoms in total. The molecule has 0 saturated heterocycles. The predicted octanol–water partition coefficient (Wildman–Crippen LogP) is 4.87. The summed E-state index contributed by atoms with van der Waals surface area (Å²) < 4.78 is 11.9. The maximum atomic E-state index is 13.9. The number of amides is 1. The Morgan fingerprint density at radius 3 is 2.63 bits per heavy atom. The quantitative estimate of drug-likeness (QED) is 0.311. The van der Waals surface area contributed by atoms with E-state index < -0.39 is 4.92 Å². The molecule has 180 valence electrons. The monoisotopic (exact) mass is 474 g/mol. The van der Waals surface area contributed by atoms with Crippen molar-refractivity contribution in [1.29, 1.82) is 0 Å². The number of hydrogen-bond donors (Lipinski definition) is 1. The van der Waals surface area contributed by atoms with Gasteiger partial charge in [-0.15, -0.1) is 0 Å². The molecule has 1 amide bonds. The molecule has 2 aliphatic heterocycles. The average molecular weight is 475 g/mol. The number of ether oxygens (including phenoxy) is 2. The van der Waals surface area contributed by atoms with E-state index in [0.717, 1.165) is 17.7 Å². The summed E-state index contributed by atoms with van der Waals surface area (Å²) in [6.07, 6.45) is 1.51. The number of nitrogens with zero attached hydrogens (tertiary/aromatic N) is 2. The molecule has 2 heterocycles. The molecule has 0 radical (unpaired) electrons. The first-order valence-corrected chi connectivity index (χ1v) is 11.7. The van der Waals surface area contributed by atoms with Crippen LogP contribution >= 0.6 is 0 Å². The molecule has 35 heavy (non-hydrogen) atoms. The number of benzene rings is 3. The standard InChI is InChI=1S/C27H27N3O5/c1-4-17-9-18(11-20(10-17)29(32)33)16-35-26-14-23-22(13-25(26)34-3)27(31)30(2)21(15-28-23)12-19-7-5-6-8-24(19)30/h5-11,13-14,21H,4,12,15-16H2,1-3H3/p+1. The zero-order valence-electron chi connectivity index (χ0n) is 20.0. The molecule has 0 aliphatic carbocycles. The smallest absolute Gasteiger partial charge is 0.353 e. The summed E-state index contributed by atoms with van der Waals surface area (Å²) in [6, 6.07) is 16.7. The molecule has 5 rings (SSSR count). The van der Waals surface area contributed by atoms with E-state index in [-0.39, 0.29) is 28.7 Å². The van der Waals surface area contributed by atoms with Gasteiger partial charge in [-0.1, -0.05) is 31.2 Å². The first kappa shape index (κ1) is 22.9. The summed E-state index contributed by atoms with van der Waals surface area (Å²) in [5, 5.41) is 14.8. The van der Waals surface area contributed by atoms with E-state index in [1.54, 1.807) is 18.2 Å². The highest BCUT2D eigenvalue weighted by molar-refractivity contribution is 6.08. The van der Waals surface area contributed by atoms with Gasteiger partial charge >= 0.3 is 5.91 Å². The fourth-order valence-corrected chi connectivity index (χ4v) is 5.23. The Morgan fingerprint density at radius 1 is 1.11 bits per heavy atom. The third-order valence-corrected chi connectivity index (χ3v) is 7.21. The molecule has 2 unspecified atom stereocenters. The summed E-state index contributed by atoms with van der Waals surface area (Å²) in [6.45, 7) is 2.73. The topological polar surface area (TPSA) is 90.7 Å². The Hall–Kier alpha value is -3.91. The Labute approximate surface area is 203 Å². The highest BCUT2D eigenvalue weighted by Gasteiger charge is 2.51. The fraction of sp³-hybridized carbons (Fsp3) is 0.296. The van der Waals surface area contributed by atoms with Crippen molar-refractivity contribution in [3.8, 4) is 11.5 Å². The molecular weight excluding hydrogens is 446 g/mol. The lowest BCUT2D eigenvalue weighted by atomic mass is 10.1. The minimum absolute atomic E-state index is 0.0103. The number of quaternary nitrogens is 1. The molecule has 0 aromatic heterocycles. The molecule has 2 atom stereocenters. The van der Waals surface area contributed by atoms with Gasteiger partial charge in [0.15, 0.2) is 11.5 Å². The van der Waals surface area contributed by atoms with E-state index in [4.69, 9.17) is 9.47 Å². The predicted molar refractivity (Wildman–Crippen MR) is 134 cm³/mol. The second kappa shape index (κ2) is 8.70. The van der Waals surface area contributed by atoms with Crippen LogP contribution in [0, 0.1) is 10.1 Å². The lowest BCUT2D eigenvalue weighted by Gasteiger charge is -2.31. The summed E-state index contributed by atoms with van der Waals surface area (Å²) >= 11 is 0. The number of methoxy groups -OCH3 is 1. The van der Waals surface area contributed by atoms with Gasteiger partial charge in [-0.25, -0.2) is 9.28 Å². The highest BCUT2D eigenvalue weighted by atomic mass is 16.6. The number of rotatable bonds is 6. The van der Waals surface area contributed by atoms with Crippen molar-refractivity contribution in [2.24, 2.45) is 0 Å². The second-order valence-electron chi connectivity index (χ2n) is 9.20. The van der Waals surface area contributed by atoms with Crippen LogP contribution in [-0.4, -0.2) is 37.6 Å². The van der Waals surface area contributed by atoms with Crippen LogP contribution in [0.3, 0.4) is 0 Å². The molecule has 1 N–H and O–H groups in total. The zero-order chi connectivity index (χ0) is 24.7. The fourth-order valence-electron chi connectivity index (χ4n) is 5.23. The number of aryl methyl sites for hydroxylation is 1. The first-order valence-electron chi connectivity index (χ1n) is 11.7. The third-order valence-electron chi connectivity index (χ3n) is 7.21. The van der Waals surface area contributed by atoms with Crippen molar-refractivity contribution < 1.29 is 19.2 Å². The van der Waals surface area contributed by atoms with Gasteiger partial charge in [0.05, 0.1) is 31.3 Å². The minimum Gasteiger partial charge on any atom is -0.493 e. The lowest BCUT2D eigenvalue weighted by Crippen LogP contribution is -2.56. The van der Waals surface area contributed by atoms with Crippen LogP contribution in [0.4, 0.5) is 17.1 Å². The summed E-state index contributed by atoms with van der Waals surface area (Å²) in [4.78, 5) is 24.8. The van der Waals surface area contributed by atoms with Crippen LogP contribution < -0.4 is 19.3 Å². The molecule has 0 bridgehead atoms. The van der Waals surface area contributed by atoms with Crippen LogP contribution in [0.5, 0.6) is 11.5 Å². The lowest BCUT2D eigenvalue weighted by molar-refractivity contribution is -0.385. The Balaban J connectivity index is 1.48. The number of hydrogen-bond acceptors (Lipinski definition) is 6. The van der Waals surface area contributed by atoms with Crippen molar-refractivity contribution in [1.82, 2.24) is 4.48 Å². The second-order valence-corrected chi connectivity index (χ2v) is 9.20. The molecule has 3 aromatic rings. The molecule has 0 saturated carbocycles. The van der Waals surface area contributed by atoms with E-state index in [2.05, 4.69) is 11.4 Å². The van der Waals surface area contributed by atoms with Crippen molar-refractivity contribution in [3.05, 3.63) is 87.0 Å². The van der Waals surface area contributed by atoms with Crippen molar-refractivity contribution in [2.45, 2.75) is 32.4 Å². The molecule has 0 fully saturated rings. The Morgan fingerprint density at radius 2 is 1.89 bits per heavy atom. The van der Waals surface area contributed by atoms with Crippen LogP contribution in [0.2, 0.25) is 0 Å². The molecule has 2 aliphatic rings. The van der Waals surface area contributed by atoms with Gasteiger partial charge in [-0.3, -0.25) is 10.1 Å². The van der Waals surface area contributed by atoms with Gasteiger partial charge in [-0.2, -0.15) is 0 Å². The SMILES string of the molecule is CCc1cc(COc2cc3c(cc2OC)C(=O)[N+]2(C)c4ccccc4CC2CN3)cc([N+](=O)[O-])c1. The van der Waals surface area contributed by atoms with E-state index in [0.29, 0.717) is 41.3 Å². The van der Waals surface area contributed by atoms with Crippen LogP contribution in [0.25, 0.3) is 0 Å². The minimum atomic E-state index is -0.394. The van der Waals surface area contributed by atoms with Crippen molar-refractivity contribution >= 4 is 23.0 Å². The molecular formula is C27H28N3O5+. The number of fused-ring (bicyclic) bond motifs is 4. The number of likely N-dealkylation sites (N-methyl/N-ethyl adjacent to an activating group) is 1. The normalized spacial score (nSPS) is 20.2. The van der Waals surface area contributed by atoms with E-state index in [1.165, 1.54) is 18.7 Å². The summed E-state index contributed by atoms with van der Waals surface area (Å²) in [5.41, 5.74) is 5.11. The number of carbonyl (C=O) groups is 1. The van der Waals surface area contributed by atoms with Gasteiger partial charge in [-0.05, 0) is 23.6 Å². The van der Waals surface area contributed by atoms with Crippen LogP contribution in [-0.2, 0) is 19.4 Å². The van der Waals surface area contributed by atoms with E-state index >= 15 is 0 Å². The van der Waals surface area contributed by atoms with Crippen molar-refractivity contribution in [3.63, 3.8) is 0 Å². The largest absolute Gasteiger partial charge is 0.493 e. The van der Waals surface area contributed by atoms with Crippen molar-refractivity contribution in [2.75, 3.05) is 26.0 Å². The van der Waals surface area contributed by atoms with Gasteiger partial charge in [0, 0.05) is 36.2 Å². The Bertz CT molecular complexity index is 1340. The maximum Gasteiger partial charge on any atom is 0.353 e. The average Bonchev–Trinajstić information content (AvgIpc) is 3.12. The number of nitrogens with one attached hydrogen (secondary N) is 1. The van der Waals surface area contributed by atoms with Crippen LogP contribution in [0.15, 0.2) is 54.6 Å². The molecule has 0 spiro atoms. The zero-order valence-corrected chi connectivity index (χ0v) is 20.0. The number of para-hydroxylation sites is 1. The number of carbonyl (C=O) groups excluding carboxylic acids is 1. The number of nitro benzene ring substituents is 1. The van der Waals surface area contributed by atoms with Gasteiger partial charge in [0.2, 0.25) is 0 Å². The number of nitro groups is 1. The van der Waals surface area contributed by atoms with E-state index in [1.807, 2.05) is 38.2 Å². The summed E-state index contributed by atoms with van der Waals surface area (Å²) in [7, 11) is 3.52. The molecule has 8 heteroatoms. The number of anilines is 1. The summed E-state index contributed by atoms with van der Waals surface area (Å²) in [5.74, 6) is 0.926. The maximum absolute atomic E-state index is 13.9. The van der Waals surface area contributed by atoms with Gasteiger partial charge in [0.25, 0.3) is 5.69 Å². The first-order chi connectivity index (χ1) is 16.8. The Kier molecular flexibility index (Phi) is 5.68. The van der Waals surface area contributed by atoms with Gasteiger partial charge < -0.3 is 14.8 Å². The van der Waals surface area contributed by atoms with E-state index in [9.17, 15) is 14.9 Å². The highest BCUT2D eigenvalue weighted by Crippen LogP contribution is 2.44. The third kappa shape index (κ3) is 3.80.